The Balaban J connectivity index is 1.85. The number of carbonyl (C=O) groups excluding carboxylic acids is 2. The molecule has 0 saturated carbocycles. The summed E-state index contributed by atoms with van der Waals surface area (Å²) in [6.45, 7) is 6.07. The summed E-state index contributed by atoms with van der Waals surface area (Å²) in [7, 11) is 3.38. The Morgan fingerprint density at radius 2 is 1.68 bits per heavy atom. The van der Waals surface area contributed by atoms with Crippen molar-refractivity contribution in [2.75, 3.05) is 45.2 Å². The molecule has 1 aliphatic rings. The second-order valence-electron chi connectivity index (χ2n) is 8.88. The van der Waals surface area contributed by atoms with Crippen LogP contribution in [-0.4, -0.2) is 72.7 Å². The third-order valence-electron chi connectivity index (χ3n) is 6.08. The topological polar surface area (TPSA) is 111 Å². The molecule has 2 aromatic rings. The molecule has 9 nitrogen and oxygen atoms in total. The highest BCUT2D eigenvalue weighted by Gasteiger charge is 2.30. The van der Waals surface area contributed by atoms with Gasteiger partial charge in [0, 0.05) is 57.5 Å². The van der Waals surface area contributed by atoms with Crippen LogP contribution in [0.25, 0.3) is 0 Å². The van der Waals surface area contributed by atoms with Gasteiger partial charge in [-0.2, -0.15) is 5.26 Å². The van der Waals surface area contributed by atoms with Gasteiger partial charge in [0.25, 0.3) is 11.6 Å². The zero-order valence-corrected chi connectivity index (χ0v) is 19.9. The fourth-order valence-corrected chi connectivity index (χ4v) is 4.24. The molecule has 1 heterocycles. The Morgan fingerprint density at radius 3 is 2.21 bits per heavy atom. The first kappa shape index (κ1) is 24.9. The lowest BCUT2D eigenvalue weighted by atomic mass is 9.96. The molecule has 0 aromatic heterocycles. The minimum Gasteiger partial charge on any atom is -0.372 e. The van der Waals surface area contributed by atoms with Crippen LogP contribution in [0.5, 0.6) is 0 Å². The Hall–Kier alpha value is -3.77. The lowest BCUT2D eigenvalue weighted by Crippen LogP contribution is -2.53. The van der Waals surface area contributed by atoms with Gasteiger partial charge < -0.3 is 9.80 Å². The van der Waals surface area contributed by atoms with Gasteiger partial charge in [-0.05, 0) is 24.1 Å². The van der Waals surface area contributed by atoms with Crippen molar-refractivity contribution >= 4 is 23.1 Å². The molecule has 3 rings (SSSR count). The number of amides is 1. The molecule has 1 amide bonds. The van der Waals surface area contributed by atoms with Crippen LogP contribution in [0, 0.1) is 27.4 Å². The summed E-state index contributed by atoms with van der Waals surface area (Å²) in [6.07, 6.45) is 0. The van der Waals surface area contributed by atoms with Crippen molar-refractivity contribution in [2.45, 2.75) is 19.9 Å². The molecule has 1 saturated heterocycles. The van der Waals surface area contributed by atoms with E-state index in [0.29, 0.717) is 31.9 Å². The maximum atomic E-state index is 13.3. The molecule has 1 aliphatic heterocycles. The highest BCUT2D eigenvalue weighted by Crippen LogP contribution is 2.29. The Morgan fingerprint density at radius 1 is 1.06 bits per heavy atom. The van der Waals surface area contributed by atoms with Gasteiger partial charge in [-0.15, -0.1) is 0 Å². The minimum atomic E-state index is -0.520. The van der Waals surface area contributed by atoms with Gasteiger partial charge in [-0.25, -0.2) is 0 Å². The molecule has 0 spiro atoms. The Labute approximate surface area is 199 Å². The summed E-state index contributed by atoms with van der Waals surface area (Å²) in [5.41, 5.74) is 0.838. The molecular weight excluding hydrogens is 434 g/mol. The number of carbonyl (C=O) groups is 2. The van der Waals surface area contributed by atoms with Gasteiger partial charge in [-0.3, -0.25) is 24.6 Å². The summed E-state index contributed by atoms with van der Waals surface area (Å²) in [5, 5.41) is 21.0. The van der Waals surface area contributed by atoms with E-state index in [9.17, 15) is 25.0 Å². The van der Waals surface area contributed by atoms with Crippen LogP contribution in [-0.2, 0) is 0 Å². The maximum absolute atomic E-state index is 13.3. The van der Waals surface area contributed by atoms with Crippen molar-refractivity contribution in [1.82, 2.24) is 9.80 Å². The average molecular weight is 464 g/mol. The number of nitro groups is 1. The summed E-state index contributed by atoms with van der Waals surface area (Å²) < 4.78 is 0. The summed E-state index contributed by atoms with van der Waals surface area (Å²) in [6, 6.07) is 13.0. The van der Waals surface area contributed by atoms with Gasteiger partial charge in [0.1, 0.15) is 11.7 Å². The van der Waals surface area contributed by atoms with E-state index < -0.39 is 10.7 Å². The van der Waals surface area contributed by atoms with Gasteiger partial charge in [0.2, 0.25) is 0 Å². The normalized spacial score (nSPS) is 15.0. The summed E-state index contributed by atoms with van der Waals surface area (Å²) in [4.78, 5) is 43.0. The van der Waals surface area contributed by atoms with Crippen LogP contribution < -0.4 is 4.90 Å². The molecule has 1 fully saturated rings. The third kappa shape index (κ3) is 5.07. The quantitative estimate of drug-likeness (QED) is 0.352. The van der Waals surface area contributed by atoms with E-state index in [4.69, 9.17) is 0 Å². The highest BCUT2D eigenvalue weighted by atomic mass is 16.6. The lowest BCUT2D eigenvalue weighted by Gasteiger charge is -2.38. The van der Waals surface area contributed by atoms with Crippen LogP contribution in [0.4, 0.5) is 11.4 Å². The van der Waals surface area contributed by atoms with Crippen LogP contribution in [0.3, 0.4) is 0 Å². The fraction of sp³-hybridized carbons (Fsp3) is 0.400. The van der Waals surface area contributed by atoms with Crippen LogP contribution in [0.1, 0.15) is 40.1 Å². The number of benzene rings is 2. The largest absolute Gasteiger partial charge is 0.372 e. The number of ketones is 1. The molecule has 2 aromatic carbocycles. The molecule has 1 unspecified atom stereocenters. The molecule has 178 valence electrons. The minimum absolute atomic E-state index is 0.149. The molecule has 34 heavy (non-hydrogen) atoms. The van der Waals surface area contributed by atoms with Crippen LogP contribution in [0.15, 0.2) is 42.5 Å². The number of piperazine rings is 1. The molecular formula is C25H29N5O4. The van der Waals surface area contributed by atoms with Gasteiger partial charge in [-0.1, -0.05) is 32.0 Å². The van der Waals surface area contributed by atoms with Crippen molar-refractivity contribution in [3.8, 4) is 6.07 Å². The highest BCUT2D eigenvalue weighted by molar-refractivity contribution is 6.15. The molecule has 0 radical (unpaired) electrons. The number of nitrogens with zero attached hydrogens (tertiary/aromatic N) is 5. The third-order valence-corrected chi connectivity index (χ3v) is 6.08. The summed E-state index contributed by atoms with van der Waals surface area (Å²) in [5.74, 6) is -0.519. The number of anilines is 1. The average Bonchev–Trinajstić information content (AvgIpc) is 2.83. The second kappa shape index (κ2) is 10.4. The zero-order chi connectivity index (χ0) is 25.0. The van der Waals surface area contributed by atoms with Crippen molar-refractivity contribution in [3.05, 3.63) is 69.3 Å². The van der Waals surface area contributed by atoms with Gasteiger partial charge in [0.05, 0.1) is 16.6 Å². The van der Waals surface area contributed by atoms with E-state index in [1.807, 2.05) is 13.8 Å². The predicted molar refractivity (Wildman–Crippen MR) is 129 cm³/mol. The first-order valence-electron chi connectivity index (χ1n) is 11.2. The monoisotopic (exact) mass is 463 g/mol. The van der Waals surface area contributed by atoms with Gasteiger partial charge in [0.15, 0.2) is 5.78 Å². The molecule has 0 aliphatic carbocycles. The smallest absolute Gasteiger partial charge is 0.293 e. The van der Waals surface area contributed by atoms with E-state index >= 15 is 0 Å². The number of nitriles is 1. The van der Waals surface area contributed by atoms with Crippen molar-refractivity contribution in [2.24, 2.45) is 5.92 Å². The first-order valence-corrected chi connectivity index (χ1v) is 11.2. The molecule has 0 bridgehead atoms. The number of rotatable bonds is 7. The standard InChI is InChI=1S/C25H29N5O4/c1-17(2)23(16-26)28-11-13-29(14-12-28)25(32)20-8-6-5-7-19(20)24(31)18-9-10-21(27(3)4)22(15-18)30(33)34/h5-10,15,17,23H,11-14H2,1-4H3. The summed E-state index contributed by atoms with van der Waals surface area (Å²) >= 11 is 0. The Kier molecular flexibility index (Phi) is 7.64. The van der Waals surface area contributed by atoms with Crippen molar-refractivity contribution in [1.29, 1.82) is 5.26 Å². The molecule has 9 heteroatoms. The molecule has 0 N–H and O–H groups in total. The van der Waals surface area contributed by atoms with E-state index in [1.54, 1.807) is 54.2 Å². The number of hydrogen-bond acceptors (Lipinski definition) is 7. The van der Waals surface area contributed by atoms with E-state index in [2.05, 4.69) is 11.0 Å². The predicted octanol–water partition coefficient (Wildman–Crippen LogP) is 3.20. The van der Waals surface area contributed by atoms with Crippen molar-refractivity contribution < 1.29 is 14.5 Å². The number of nitro benzene ring substituents is 1. The molecule has 1 atom stereocenters. The lowest BCUT2D eigenvalue weighted by molar-refractivity contribution is -0.384. The van der Waals surface area contributed by atoms with E-state index in [1.165, 1.54) is 12.1 Å². The fourth-order valence-electron chi connectivity index (χ4n) is 4.24. The van der Waals surface area contributed by atoms with E-state index in [-0.39, 0.29) is 40.2 Å². The number of hydrogen-bond donors (Lipinski definition) is 0. The second-order valence-corrected chi connectivity index (χ2v) is 8.88. The van der Waals surface area contributed by atoms with E-state index in [0.717, 1.165) is 0 Å². The van der Waals surface area contributed by atoms with Gasteiger partial charge >= 0.3 is 0 Å². The SMILES string of the molecule is CC(C)C(C#N)N1CCN(C(=O)c2ccccc2C(=O)c2ccc(N(C)C)c([N+](=O)[O-])c2)CC1. The van der Waals surface area contributed by atoms with Crippen molar-refractivity contribution in [3.63, 3.8) is 0 Å². The zero-order valence-electron chi connectivity index (χ0n) is 19.9. The van der Waals surface area contributed by atoms with Crippen LogP contribution in [0.2, 0.25) is 0 Å². The first-order chi connectivity index (χ1) is 16.1. The Bertz CT molecular complexity index is 1130. The van der Waals surface area contributed by atoms with Crippen LogP contribution >= 0.6 is 0 Å². The maximum Gasteiger partial charge on any atom is 0.293 e.